The molecule has 1 aromatic carbocycles. The lowest BCUT2D eigenvalue weighted by atomic mass is 10.0. The number of rotatable bonds is 5. The Hall–Kier alpha value is -2.87. The molecule has 0 amide bonds. The fraction of sp³-hybridized carbons (Fsp3) is 0.350. The largest absolute Gasteiger partial charge is 0.435 e. The van der Waals surface area contributed by atoms with Crippen molar-refractivity contribution in [1.29, 1.82) is 0 Å². The Bertz CT molecular complexity index is 951. The summed E-state index contributed by atoms with van der Waals surface area (Å²) in [5.41, 5.74) is 1.45. The maximum atomic E-state index is 12.4. The first kappa shape index (κ1) is 18.5. The minimum absolute atomic E-state index is 0.109. The molecule has 0 aliphatic carbocycles. The normalized spacial score (nSPS) is 17.8. The van der Waals surface area contributed by atoms with Gasteiger partial charge in [-0.1, -0.05) is 0 Å². The third kappa shape index (κ3) is 4.01. The molecule has 1 fully saturated rings. The van der Waals surface area contributed by atoms with Gasteiger partial charge in [-0.3, -0.25) is 4.98 Å². The summed E-state index contributed by atoms with van der Waals surface area (Å²) in [5.74, 6) is 0.821. The van der Waals surface area contributed by atoms with E-state index in [9.17, 15) is 8.78 Å². The molecule has 1 atom stereocenters. The number of hydrogen-bond donors (Lipinski definition) is 1. The van der Waals surface area contributed by atoms with E-state index in [-0.39, 0.29) is 5.75 Å². The molecule has 0 radical (unpaired) electrons. The van der Waals surface area contributed by atoms with Gasteiger partial charge in [0.05, 0.1) is 0 Å². The summed E-state index contributed by atoms with van der Waals surface area (Å²) in [6.07, 6.45) is 5.71. The van der Waals surface area contributed by atoms with Gasteiger partial charge in [0, 0.05) is 41.3 Å². The highest BCUT2D eigenvalue weighted by Crippen LogP contribution is 2.31. The summed E-state index contributed by atoms with van der Waals surface area (Å²) < 4.78 is 29.1. The van der Waals surface area contributed by atoms with Crippen LogP contribution in [0.2, 0.25) is 0 Å². The summed E-state index contributed by atoms with van der Waals surface area (Å²) in [4.78, 5) is 6.54. The molecule has 0 saturated carbocycles. The summed E-state index contributed by atoms with van der Waals surface area (Å²) in [7, 11) is 2.11. The lowest BCUT2D eigenvalue weighted by Crippen LogP contribution is -2.40. The maximum Gasteiger partial charge on any atom is 0.387 e. The fourth-order valence-corrected chi connectivity index (χ4v) is 3.59. The second-order valence-corrected chi connectivity index (χ2v) is 6.97. The summed E-state index contributed by atoms with van der Waals surface area (Å²) in [5, 5.41) is 14.1. The molecule has 4 rings (SSSR count). The van der Waals surface area contributed by atoms with Crippen molar-refractivity contribution in [2.45, 2.75) is 25.5 Å². The number of hydrogen-bond acceptors (Lipinski definition) is 6. The van der Waals surface area contributed by atoms with Crippen LogP contribution in [0, 0.1) is 0 Å². The van der Waals surface area contributed by atoms with Gasteiger partial charge in [-0.05, 0) is 56.8 Å². The second kappa shape index (κ2) is 8.02. The van der Waals surface area contributed by atoms with Crippen molar-refractivity contribution in [3.05, 3.63) is 42.7 Å². The van der Waals surface area contributed by atoms with E-state index >= 15 is 0 Å². The highest BCUT2D eigenvalue weighted by atomic mass is 19.3. The van der Waals surface area contributed by atoms with Crippen molar-refractivity contribution in [2.75, 3.05) is 25.5 Å². The van der Waals surface area contributed by atoms with E-state index < -0.39 is 6.61 Å². The molecule has 1 N–H and O–H groups in total. The van der Waals surface area contributed by atoms with E-state index in [4.69, 9.17) is 0 Å². The molecule has 146 valence electrons. The molecule has 0 spiro atoms. The van der Waals surface area contributed by atoms with Crippen LogP contribution in [-0.4, -0.2) is 52.9 Å². The topological polar surface area (TPSA) is 63.2 Å². The van der Waals surface area contributed by atoms with Crippen molar-refractivity contribution in [1.82, 2.24) is 20.1 Å². The van der Waals surface area contributed by atoms with Crippen molar-refractivity contribution in [3.8, 4) is 17.0 Å². The predicted octanol–water partition coefficient (Wildman–Crippen LogP) is 3.80. The Labute approximate surface area is 161 Å². The molecule has 3 aromatic rings. The number of nitrogens with one attached hydrogen (secondary N) is 1. The number of pyridine rings is 1. The van der Waals surface area contributed by atoms with Gasteiger partial charge in [0.25, 0.3) is 0 Å². The zero-order valence-corrected chi connectivity index (χ0v) is 15.5. The van der Waals surface area contributed by atoms with E-state index in [2.05, 4.69) is 37.2 Å². The molecule has 6 nitrogen and oxygen atoms in total. The summed E-state index contributed by atoms with van der Waals surface area (Å²) >= 11 is 0. The van der Waals surface area contributed by atoms with Crippen molar-refractivity contribution < 1.29 is 13.5 Å². The van der Waals surface area contributed by atoms with E-state index in [0.29, 0.717) is 17.6 Å². The van der Waals surface area contributed by atoms with Gasteiger partial charge in [0.2, 0.25) is 0 Å². The molecular weight excluding hydrogens is 364 g/mol. The van der Waals surface area contributed by atoms with Crippen molar-refractivity contribution in [3.63, 3.8) is 0 Å². The number of likely N-dealkylation sites (N-methyl/N-ethyl adjacent to an activating group) is 1. The van der Waals surface area contributed by atoms with Gasteiger partial charge in [-0.25, -0.2) is 0 Å². The average Bonchev–Trinajstić information content (AvgIpc) is 2.69. The van der Waals surface area contributed by atoms with Gasteiger partial charge in [-0.2, -0.15) is 8.78 Å². The van der Waals surface area contributed by atoms with Gasteiger partial charge < -0.3 is 15.0 Å². The average molecular weight is 385 g/mol. The minimum atomic E-state index is -2.85. The second-order valence-electron chi connectivity index (χ2n) is 6.97. The molecule has 28 heavy (non-hydrogen) atoms. The van der Waals surface area contributed by atoms with Crippen LogP contribution in [0.4, 0.5) is 14.6 Å². The first-order valence-corrected chi connectivity index (χ1v) is 9.21. The highest BCUT2D eigenvalue weighted by Gasteiger charge is 2.19. The number of likely N-dealkylation sites (tertiary alicyclic amines) is 1. The van der Waals surface area contributed by atoms with Crippen molar-refractivity contribution >= 4 is 16.6 Å². The molecule has 1 aliphatic rings. The highest BCUT2D eigenvalue weighted by molar-refractivity contribution is 5.99. The minimum Gasteiger partial charge on any atom is -0.435 e. The zero-order valence-electron chi connectivity index (χ0n) is 15.5. The third-order valence-corrected chi connectivity index (χ3v) is 4.90. The lowest BCUT2D eigenvalue weighted by Gasteiger charge is -2.30. The van der Waals surface area contributed by atoms with Crippen LogP contribution in [0.15, 0.2) is 42.7 Å². The van der Waals surface area contributed by atoms with Gasteiger partial charge >= 0.3 is 6.61 Å². The number of alkyl halides is 2. The Morgan fingerprint density at radius 3 is 2.71 bits per heavy atom. The van der Waals surface area contributed by atoms with Gasteiger partial charge in [0.1, 0.15) is 11.4 Å². The Balaban J connectivity index is 1.65. The smallest absolute Gasteiger partial charge is 0.387 e. The van der Waals surface area contributed by atoms with Crippen molar-refractivity contribution in [2.24, 2.45) is 0 Å². The molecule has 1 unspecified atom stereocenters. The van der Waals surface area contributed by atoms with E-state index in [1.165, 1.54) is 12.1 Å². The third-order valence-electron chi connectivity index (χ3n) is 4.90. The number of benzene rings is 1. The monoisotopic (exact) mass is 385 g/mol. The van der Waals surface area contributed by atoms with E-state index in [1.54, 1.807) is 24.5 Å². The molecule has 3 heterocycles. The zero-order chi connectivity index (χ0) is 19.5. The molecule has 0 bridgehead atoms. The first-order chi connectivity index (χ1) is 13.6. The van der Waals surface area contributed by atoms with Crippen LogP contribution in [0.25, 0.3) is 22.0 Å². The maximum absolute atomic E-state index is 12.4. The Morgan fingerprint density at radius 1 is 1.14 bits per heavy atom. The number of halogens is 2. The summed E-state index contributed by atoms with van der Waals surface area (Å²) in [6.45, 7) is -0.783. The molecule has 1 aliphatic heterocycles. The first-order valence-electron chi connectivity index (χ1n) is 9.21. The van der Waals surface area contributed by atoms with E-state index in [1.807, 2.05) is 6.07 Å². The standard InChI is InChI=1S/C20H21F2N5O/c1-27-10-2-3-14(12-27)24-19-17-11-23-9-8-16(17)18(25-26-19)13-4-6-15(7-5-13)28-20(21)22/h4-9,11,14,20H,2-3,10,12H2,1H3,(H,24,26). The predicted molar refractivity (Wildman–Crippen MR) is 104 cm³/mol. The molecule has 1 saturated heterocycles. The number of anilines is 1. The Morgan fingerprint density at radius 2 is 1.96 bits per heavy atom. The fourth-order valence-electron chi connectivity index (χ4n) is 3.59. The lowest BCUT2D eigenvalue weighted by molar-refractivity contribution is -0.0498. The van der Waals surface area contributed by atoms with Crippen LogP contribution in [0.5, 0.6) is 5.75 Å². The van der Waals surface area contributed by atoms with Gasteiger partial charge in [0.15, 0.2) is 5.82 Å². The number of fused-ring (bicyclic) bond motifs is 1. The van der Waals surface area contributed by atoms with Crippen LogP contribution in [-0.2, 0) is 0 Å². The van der Waals surface area contributed by atoms with Crippen LogP contribution < -0.4 is 10.1 Å². The number of piperidine rings is 1. The van der Waals surface area contributed by atoms with Crippen LogP contribution >= 0.6 is 0 Å². The summed E-state index contributed by atoms with van der Waals surface area (Å²) in [6, 6.07) is 8.60. The number of aromatic nitrogens is 3. The van der Waals surface area contributed by atoms with Crippen LogP contribution in [0.1, 0.15) is 12.8 Å². The Kier molecular flexibility index (Phi) is 5.29. The van der Waals surface area contributed by atoms with Gasteiger partial charge in [-0.15, -0.1) is 10.2 Å². The van der Waals surface area contributed by atoms with Crippen LogP contribution in [0.3, 0.4) is 0 Å². The molecule has 8 heteroatoms. The van der Waals surface area contributed by atoms with E-state index in [0.717, 1.165) is 42.3 Å². The number of nitrogens with zero attached hydrogens (tertiary/aromatic N) is 4. The number of ether oxygens (including phenoxy) is 1. The molecular formula is C20H21F2N5O. The molecule has 2 aromatic heterocycles. The SMILES string of the molecule is CN1CCCC(Nc2nnc(-c3ccc(OC(F)F)cc3)c3ccncc23)C1. The quantitative estimate of drug-likeness (QED) is 0.721.